The lowest BCUT2D eigenvalue weighted by Gasteiger charge is -2.15. The molecule has 3 N–H and O–H groups in total. The van der Waals surface area contributed by atoms with Crippen LogP contribution in [0.15, 0.2) is 24.3 Å². The van der Waals surface area contributed by atoms with Gasteiger partial charge in [-0.2, -0.15) is 0 Å². The first-order valence-electron chi connectivity index (χ1n) is 6.10. The first-order valence-corrected chi connectivity index (χ1v) is 6.50. The van der Waals surface area contributed by atoms with Gasteiger partial charge in [-0.3, -0.25) is 4.79 Å². The number of hydrogen-bond acceptors (Lipinski definition) is 2. The Balaban J connectivity index is 2.73. The quantitative estimate of drug-likeness (QED) is 0.804. The Morgan fingerprint density at radius 3 is 2.50 bits per heavy atom. The summed E-state index contributed by atoms with van der Waals surface area (Å²) in [6.07, 6.45) is 0.321. The lowest BCUT2D eigenvalue weighted by molar-refractivity contribution is -0.116. The molecule has 1 aromatic carbocycles. The molecule has 0 bridgehead atoms. The number of amides is 1. The van der Waals surface area contributed by atoms with Gasteiger partial charge in [0, 0.05) is 18.0 Å². The minimum Gasteiger partial charge on any atom is -0.393 e. The van der Waals surface area contributed by atoms with E-state index in [2.05, 4.69) is 19.2 Å². The van der Waals surface area contributed by atoms with Crippen molar-refractivity contribution in [3.63, 3.8) is 0 Å². The van der Waals surface area contributed by atoms with Crippen molar-refractivity contribution in [3.8, 4) is 0 Å². The van der Waals surface area contributed by atoms with E-state index in [1.807, 2.05) is 31.2 Å². The lowest BCUT2D eigenvalue weighted by atomic mass is 10.0. The number of nitrogens with two attached hydrogens (primary N) is 1. The number of benzene rings is 1. The zero-order valence-electron chi connectivity index (χ0n) is 11.1. The molecule has 98 valence electrons. The standard InChI is InChI=1S/C14H20N2OS/c1-9(2)11-6-4-5-7-12(11)16-13(17)8-10(3)14(15)18/h4-7,9-10H,8H2,1-3H3,(H2,15,18)(H,16,17). The molecule has 1 aromatic rings. The van der Waals surface area contributed by atoms with E-state index in [1.165, 1.54) is 0 Å². The normalized spacial score (nSPS) is 12.2. The molecule has 1 atom stereocenters. The minimum atomic E-state index is -0.0776. The summed E-state index contributed by atoms with van der Waals surface area (Å²) in [4.78, 5) is 12.3. The zero-order valence-corrected chi connectivity index (χ0v) is 11.9. The van der Waals surface area contributed by atoms with Crippen molar-refractivity contribution in [2.75, 3.05) is 5.32 Å². The predicted molar refractivity (Wildman–Crippen MR) is 79.7 cm³/mol. The van der Waals surface area contributed by atoms with Crippen LogP contribution >= 0.6 is 12.2 Å². The molecule has 1 rings (SSSR count). The van der Waals surface area contributed by atoms with E-state index in [0.717, 1.165) is 11.3 Å². The fourth-order valence-corrected chi connectivity index (χ4v) is 1.78. The topological polar surface area (TPSA) is 55.1 Å². The van der Waals surface area contributed by atoms with Crippen LogP contribution in [0.2, 0.25) is 0 Å². The van der Waals surface area contributed by atoms with E-state index in [0.29, 0.717) is 17.3 Å². The van der Waals surface area contributed by atoms with Crippen molar-refractivity contribution >= 4 is 28.8 Å². The average Bonchev–Trinajstić information content (AvgIpc) is 2.28. The fraction of sp³-hybridized carbons (Fsp3) is 0.429. The maximum Gasteiger partial charge on any atom is 0.225 e. The number of para-hydroxylation sites is 1. The maximum atomic E-state index is 11.9. The van der Waals surface area contributed by atoms with Crippen molar-refractivity contribution in [3.05, 3.63) is 29.8 Å². The second kappa shape index (κ2) is 6.50. The number of thiocarbonyl (C=S) groups is 1. The van der Waals surface area contributed by atoms with Crippen LogP contribution in [0.1, 0.15) is 38.7 Å². The van der Waals surface area contributed by atoms with Gasteiger partial charge >= 0.3 is 0 Å². The molecule has 0 fully saturated rings. The fourth-order valence-electron chi connectivity index (χ4n) is 1.69. The molecular formula is C14H20N2OS. The molecule has 0 heterocycles. The third-order valence-corrected chi connectivity index (χ3v) is 3.24. The molecule has 4 heteroatoms. The van der Waals surface area contributed by atoms with Crippen LogP contribution in [-0.2, 0) is 4.79 Å². The molecular weight excluding hydrogens is 244 g/mol. The molecule has 0 aliphatic rings. The molecule has 0 aliphatic heterocycles. The first kappa shape index (κ1) is 14.6. The third kappa shape index (κ3) is 4.11. The number of carbonyl (C=O) groups excluding carboxylic acids is 1. The zero-order chi connectivity index (χ0) is 13.7. The van der Waals surface area contributed by atoms with Crippen LogP contribution in [0.3, 0.4) is 0 Å². The van der Waals surface area contributed by atoms with Gasteiger partial charge in [-0.15, -0.1) is 0 Å². The van der Waals surface area contributed by atoms with E-state index in [9.17, 15) is 4.79 Å². The molecule has 18 heavy (non-hydrogen) atoms. The monoisotopic (exact) mass is 264 g/mol. The van der Waals surface area contributed by atoms with Crippen molar-refractivity contribution in [2.24, 2.45) is 11.7 Å². The summed E-state index contributed by atoms with van der Waals surface area (Å²) in [6.45, 7) is 6.06. The Kier molecular flexibility index (Phi) is 5.28. The number of hydrogen-bond donors (Lipinski definition) is 2. The Bertz CT molecular complexity index is 443. The molecule has 0 saturated carbocycles. The highest BCUT2D eigenvalue weighted by Gasteiger charge is 2.13. The van der Waals surface area contributed by atoms with Gasteiger partial charge in [0.05, 0.1) is 4.99 Å². The summed E-state index contributed by atoms with van der Waals surface area (Å²) >= 11 is 4.87. The number of nitrogens with one attached hydrogen (secondary N) is 1. The largest absolute Gasteiger partial charge is 0.393 e. The van der Waals surface area contributed by atoms with Gasteiger partial charge in [0.1, 0.15) is 0 Å². The molecule has 0 spiro atoms. The predicted octanol–water partition coefficient (Wildman–Crippen LogP) is 3.06. The van der Waals surface area contributed by atoms with Gasteiger partial charge in [-0.05, 0) is 17.5 Å². The molecule has 0 aliphatic carbocycles. The number of carbonyl (C=O) groups is 1. The van der Waals surface area contributed by atoms with Crippen LogP contribution in [0.5, 0.6) is 0 Å². The van der Waals surface area contributed by atoms with E-state index >= 15 is 0 Å². The highest BCUT2D eigenvalue weighted by molar-refractivity contribution is 7.80. The Labute approximate surface area is 114 Å². The SMILES string of the molecule is CC(CC(=O)Nc1ccccc1C(C)C)C(N)=S. The third-order valence-electron chi connectivity index (χ3n) is 2.83. The van der Waals surface area contributed by atoms with Gasteiger partial charge in [0.2, 0.25) is 5.91 Å². The average molecular weight is 264 g/mol. The van der Waals surface area contributed by atoms with Crippen molar-refractivity contribution in [1.29, 1.82) is 0 Å². The first-order chi connectivity index (χ1) is 8.41. The Morgan fingerprint density at radius 1 is 1.33 bits per heavy atom. The van der Waals surface area contributed by atoms with Crippen LogP contribution in [-0.4, -0.2) is 10.9 Å². The van der Waals surface area contributed by atoms with Gasteiger partial charge in [-0.25, -0.2) is 0 Å². The smallest absolute Gasteiger partial charge is 0.225 e. The Hall–Kier alpha value is -1.42. The van der Waals surface area contributed by atoms with Crippen LogP contribution in [0.25, 0.3) is 0 Å². The van der Waals surface area contributed by atoms with Crippen molar-refractivity contribution in [1.82, 2.24) is 0 Å². The highest BCUT2D eigenvalue weighted by atomic mass is 32.1. The van der Waals surface area contributed by atoms with Gasteiger partial charge in [0.15, 0.2) is 0 Å². The molecule has 1 unspecified atom stereocenters. The second-order valence-electron chi connectivity index (χ2n) is 4.80. The molecule has 3 nitrogen and oxygen atoms in total. The minimum absolute atomic E-state index is 0.0524. The van der Waals surface area contributed by atoms with Crippen LogP contribution in [0.4, 0.5) is 5.69 Å². The summed E-state index contributed by atoms with van der Waals surface area (Å²) in [5.74, 6) is 0.240. The summed E-state index contributed by atoms with van der Waals surface area (Å²) < 4.78 is 0. The Morgan fingerprint density at radius 2 is 1.94 bits per heavy atom. The van der Waals surface area contributed by atoms with E-state index in [1.54, 1.807) is 0 Å². The van der Waals surface area contributed by atoms with Gasteiger partial charge in [-0.1, -0.05) is 51.2 Å². The second-order valence-corrected chi connectivity index (χ2v) is 5.27. The number of rotatable bonds is 5. The highest BCUT2D eigenvalue weighted by Crippen LogP contribution is 2.23. The summed E-state index contributed by atoms with van der Waals surface area (Å²) in [6, 6.07) is 7.83. The maximum absolute atomic E-state index is 11.9. The summed E-state index contributed by atoms with van der Waals surface area (Å²) in [5.41, 5.74) is 7.51. The van der Waals surface area contributed by atoms with E-state index < -0.39 is 0 Å². The van der Waals surface area contributed by atoms with Crippen molar-refractivity contribution < 1.29 is 4.79 Å². The molecule has 1 amide bonds. The molecule has 0 saturated heterocycles. The molecule has 0 radical (unpaired) electrons. The van der Waals surface area contributed by atoms with E-state index in [4.69, 9.17) is 18.0 Å². The number of anilines is 1. The summed E-state index contributed by atoms with van der Waals surface area (Å²) in [7, 11) is 0. The molecule has 0 aromatic heterocycles. The van der Waals surface area contributed by atoms with Crippen molar-refractivity contribution in [2.45, 2.75) is 33.1 Å². The van der Waals surface area contributed by atoms with Gasteiger partial charge in [0.25, 0.3) is 0 Å². The van der Waals surface area contributed by atoms with Gasteiger partial charge < -0.3 is 11.1 Å². The van der Waals surface area contributed by atoms with E-state index in [-0.39, 0.29) is 11.8 Å². The lowest BCUT2D eigenvalue weighted by Crippen LogP contribution is -2.24. The summed E-state index contributed by atoms with van der Waals surface area (Å²) in [5, 5.41) is 2.92. The van der Waals surface area contributed by atoms with Crippen LogP contribution in [0, 0.1) is 5.92 Å². The van der Waals surface area contributed by atoms with Crippen LogP contribution < -0.4 is 11.1 Å².